The molecule has 0 unspecified atom stereocenters. The highest BCUT2D eigenvalue weighted by atomic mass is 35.5. The van der Waals surface area contributed by atoms with Crippen LogP contribution in [0.2, 0.25) is 5.02 Å². The van der Waals surface area contributed by atoms with Gasteiger partial charge in [-0.2, -0.15) is 0 Å². The van der Waals surface area contributed by atoms with Crippen molar-refractivity contribution >= 4 is 38.9 Å². The van der Waals surface area contributed by atoms with Gasteiger partial charge in [0.25, 0.3) is 5.91 Å². The van der Waals surface area contributed by atoms with E-state index in [2.05, 4.69) is 5.32 Å². The predicted molar refractivity (Wildman–Crippen MR) is 107 cm³/mol. The molecule has 0 saturated carbocycles. The molecule has 0 fully saturated rings. The number of rotatable bonds is 3. The Hall–Kier alpha value is -2.25. The van der Waals surface area contributed by atoms with Gasteiger partial charge in [-0.1, -0.05) is 23.7 Å². The first-order valence-corrected chi connectivity index (χ1v) is 10.7. The number of anilines is 2. The van der Waals surface area contributed by atoms with Crippen molar-refractivity contribution in [1.29, 1.82) is 0 Å². The number of hydrogen-bond donors (Lipinski definition) is 1. The maximum atomic E-state index is 12.8. The third kappa shape index (κ3) is 4.36. The highest BCUT2D eigenvalue weighted by Crippen LogP contribution is 2.35. The van der Waals surface area contributed by atoms with Gasteiger partial charge >= 0.3 is 0 Å². The molecule has 0 aliphatic carbocycles. The largest absolute Gasteiger partial charge is 0.478 e. The first-order valence-electron chi connectivity index (χ1n) is 8.47. The number of benzene rings is 2. The van der Waals surface area contributed by atoms with Crippen molar-refractivity contribution in [3.05, 3.63) is 52.5 Å². The third-order valence-corrected chi connectivity index (χ3v) is 5.81. The lowest BCUT2D eigenvalue weighted by Crippen LogP contribution is -2.36. The second-order valence-corrected chi connectivity index (χ2v) is 8.99. The normalized spacial score (nSPS) is 16.9. The average molecular weight is 409 g/mol. The smallest absolute Gasteiger partial charge is 0.265 e. The van der Waals surface area contributed by atoms with E-state index in [4.69, 9.17) is 16.3 Å². The number of nitrogens with one attached hydrogen (secondary N) is 1. The molecular formula is C19H21ClN2O4S. The Morgan fingerprint density at radius 3 is 2.67 bits per heavy atom. The molecule has 8 heteroatoms. The molecule has 0 bridgehead atoms. The SMILES string of the molecule is Cc1ccc2c(c1)N(S(C)(=O)=O)CC[C@@H](C(=O)Nc1cc(Cl)ccc1C)O2. The summed E-state index contributed by atoms with van der Waals surface area (Å²) in [6.07, 6.45) is 0.553. The van der Waals surface area contributed by atoms with E-state index in [1.54, 1.807) is 24.3 Å². The summed E-state index contributed by atoms with van der Waals surface area (Å²) < 4.78 is 31.6. The first-order chi connectivity index (χ1) is 12.6. The topological polar surface area (TPSA) is 75.7 Å². The van der Waals surface area contributed by atoms with Crippen molar-refractivity contribution in [2.45, 2.75) is 26.4 Å². The summed E-state index contributed by atoms with van der Waals surface area (Å²) in [7, 11) is -3.50. The quantitative estimate of drug-likeness (QED) is 0.843. The Kier molecular flexibility index (Phi) is 5.35. The van der Waals surface area contributed by atoms with Gasteiger partial charge in [0.1, 0.15) is 5.75 Å². The molecule has 2 aromatic rings. The summed E-state index contributed by atoms with van der Waals surface area (Å²) in [6, 6.07) is 10.5. The lowest BCUT2D eigenvalue weighted by atomic mass is 10.2. The number of sulfonamides is 1. The van der Waals surface area contributed by atoms with Crippen LogP contribution in [-0.2, 0) is 14.8 Å². The number of halogens is 1. The Labute approximate surface area is 164 Å². The Bertz CT molecular complexity index is 991. The number of ether oxygens (including phenoxy) is 1. The van der Waals surface area contributed by atoms with Crippen molar-refractivity contribution in [2.24, 2.45) is 0 Å². The van der Waals surface area contributed by atoms with Gasteiger partial charge in [-0.05, 0) is 49.2 Å². The monoisotopic (exact) mass is 408 g/mol. The molecule has 1 aliphatic rings. The van der Waals surface area contributed by atoms with Crippen LogP contribution in [0.5, 0.6) is 5.75 Å². The second-order valence-electron chi connectivity index (χ2n) is 6.65. The highest BCUT2D eigenvalue weighted by Gasteiger charge is 2.31. The molecule has 1 amide bonds. The highest BCUT2D eigenvalue weighted by molar-refractivity contribution is 7.92. The van der Waals surface area contributed by atoms with E-state index in [0.29, 0.717) is 22.1 Å². The molecule has 27 heavy (non-hydrogen) atoms. The maximum Gasteiger partial charge on any atom is 0.265 e. The van der Waals surface area contributed by atoms with E-state index in [9.17, 15) is 13.2 Å². The van der Waals surface area contributed by atoms with Crippen molar-refractivity contribution in [1.82, 2.24) is 0 Å². The minimum absolute atomic E-state index is 0.155. The van der Waals surface area contributed by atoms with E-state index in [0.717, 1.165) is 17.4 Å². The molecule has 0 spiro atoms. The Morgan fingerprint density at radius 1 is 1.22 bits per heavy atom. The van der Waals surface area contributed by atoms with Crippen LogP contribution in [-0.4, -0.2) is 33.2 Å². The lowest BCUT2D eigenvalue weighted by molar-refractivity contribution is -0.122. The van der Waals surface area contributed by atoms with Crippen LogP contribution in [0, 0.1) is 13.8 Å². The zero-order valence-electron chi connectivity index (χ0n) is 15.3. The summed E-state index contributed by atoms with van der Waals surface area (Å²) >= 11 is 6.01. The number of hydrogen-bond acceptors (Lipinski definition) is 4. The number of carbonyl (C=O) groups excluding carboxylic acids is 1. The molecular weight excluding hydrogens is 388 g/mol. The van der Waals surface area contributed by atoms with Crippen molar-refractivity contribution < 1.29 is 17.9 Å². The predicted octanol–water partition coefficient (Wildman–Crippen LogP) is 3.51. The summed E-state index contributed by atoms with van der Waals surface area (Å²) in [5.41, 5.74) is 2.83. The van der Waals surface area contributed by atoms with Gasteiger partial charge in [0, 0.05) is 23.7 Å². The molecule has 1 heterocycles. The summed E-state index contributed by atoms with van der Waals surface area (Å²) in [5.74, 6) is 0.0220. The fraction of sp³-hybridized carbons (Fsp3) is 0.316. The van der Waals surface area contributed by atoms with E-state index in [1.165, 1.54) is 4.31 Å². The summed E-state index contributed by atoms with van der Waals surface area (Å²) in [4.78, 5) is 12.8. The number of aryl methyl sites for hydroxylation is 2. The number of amides is 1. The van der Waals surface area contributed by atoms with Crippen molar-refractivity contribution in [3.8, 4) is 5.75 Å². The second kappa shape index (κ2) is 7.40. The summed E-state index contributed by atoms with van der Waals surface area (Å²) in [5, 5.41) is 3.34. The minimum atomic E-state index is -3.50. The molecule has 1 N–H and O–H groups in total. The van der Waals surface area contributed by atoms with Crippen LogP contribution in [0.15, 0.2) is 36.4 Å². The number of nitrogens with zero attached hydrogens (tertiary/aromatic N) is 1. The lowest BCUT2D eigenvalue weighted by Gasteiger charge is -2.21. The standard InChI is InChI=1S/C19H21ClN2O4S/c1-12-4-7-17-16(10-12)22(27(3,24)25)9-8-18(26-17)19(23)21-15-11-14(20)6-5-13(15)2/h4-7,10-11,18H,8-9H2,1-3H3,(H,21,23)/t18-/m0/s1. The molecule has 0 aromatic heterocycles. The van der Waals surface area contributed by atoms with E-state index in [-0.39, 0.29) is 18.9 Å². The molecule has 6 nitrogen and oxygen atoms in total. The van der Waals surface area contributed by atoms with Gasteiger partial charge in [-0.3, -0.25) is 9.10 Å². The molecule has 0 radical (unpaired) electrons. The van der Waals surface area contributed by atoms with E-state index in [1.807, 2.05) is 26.0 Å². The molecule has 2 aromatic carbocycles. The van der Waals surface area contributed by atoms with Gasteiger partial charge in [0.2, 0.25) is 10.0 Å². The van der Waals surface area contributed by atoms with E-state index < -0.39 is 16.1 Å². The average Bonchev–Trinajstić information content (AvgIpc) is 2.77. The Morgan fingerprint density at radius 2 is 1.96 bits per heavy atom. The minimum Gasteiger partial charge on any atom is -0.478 e. The fourth-order valence-corrected chi connectivity index (χ4v) is 4.07. The first kappa shape index (κ1) is 19.5. The third-order valence-electron chi connectivity index (χ3n) is 4.40. The van der Waals surface area contributed by atoms with Gasteiger partial charge in [-0.15, -0.1) is 0 Å². The van der Waals surface area contributed by atoms with Gasteiger partial charge < -0.3 is 10.1 Å². The number of fused-ring (bicyclic) bond motifs is 1. The van der Waals surface area contributed by atoms with Crippen LogP contribution in [0.1, 0.15) is 17.5 Å². The van der Waals surface area contributed by atoms with Crippen LogP contribution < -0.4 is 14.4 Å². The van der Waals surface area contributed by atoms with Gasteiger partial charge in [0.15, 0.2) is 6.10 Å². The van der Waals surface area contributed by atoms with Gasteiger partial charge in [0.05, 0.1) is 11.9 Å². The van der Waals surface area contributed by atoms with Crippen LogP contribution in [0.4, 0.5) is 11.4 Å². The summed E-state index contributed by atoms with van der Waals surface area (Å²) in [6.45, 7) is 3.89. The molecule has 3 rings (SSSR count). The number of carbonyl (C=O) groups is 1. The Balaban J connectivity index is 1.90. The molecule has 1 aliphatic heterocycles. The van der Waals surface area contributed by atoms with Crippen molar-refractivity contribution in [3.63, 3.8) is 0 Å². The van der Waals surface area contributed by atoms with Crippen LogP contribution >= 0.6 is 11.6 Å². The van der Waals surface area contributed by atoms with Crippen molar-refractivity contribution in [2.75, 3.05) is 22.4 Å². The zero-order chi connectivity index (χ0) is 19.8. The molecule has 0 saturated heterocycles. The van der Waals surface area contributed by atoms with E-state index >= 15 is 0 Å². The molecule has 144 valence electrons. The fourth-order valence-electron chi connectivity index (χ4n) is 2.96. The maximum absolute atomic E-state index is 12.8. The molecule has 1 atom stereocenters. The zero-order valence-corrected chi connectivity index (χ0v) is 16.9. The van der Waals surface area contributed by atoms with Crippen LogP contribution in [0.3, 0.4) is 0 Å². The van der Waals surface area contributed by atoms with Gasteiger partial charge in [-0.25, -0.2) is 8.42 Å². The van der Waals surface area contributed by atoms with Crippen LogP contribution in [0.25, 0.3) is 0 Å².